The smallest absolute Gasteiger partial charge is 0.276 e. The largest absolute Gasteiger partial charge is 0.493 e. The second-order valence-electron chi connectivity index (χ2n) is 9.51. The van der Waals surface area contributed by atoms with Gasteiger partial charge in [-0.05, 0) is 76.0 Å². The molecule has 2 unspecified atom stereocenters. The summed E-state index contributed by atoms with van der Waals surface area (Å²) in [6, 6.07) is 13.1. The fourth-order valence-corrected chi connectivity index (χ4v) is 5.65. The molecule has 0 fully saturated rings. The maximum Gasteiger partial charge on any atom is 0.276 e. The zero-order chi connectivity index (χ0) is 24.3. The van der Waals surface area contributed by atoms with Crippen LogP contribution in [0.1, 0.15) is 47.2 Å². The Hall–Kier alpha value is -2.90. The number of ether oxygens (including phenoxy) is 2. The number of fused-ring (bicyclic) bond motifs is 3. The molecule has 7 heteroatoms. The van der Waals surface area contributed by atoms with Crippen LogP contribution in [0.3, 0.4) is 0 Å². The van der Waals surface area contributed by atoms with Crippen LogP contribution < -0.4 is 9.47 Å². The first kappa shape index (κ1) is 24.2. The summed E-state index contributed by atoms with van der Waals surface area (Å²) in [6.45, 7) is 0.840. The number of hydrogen-bond donors (Lipinski definition) is 1. The van der Waals surface area contributed by atoms with Crippen LogP contribution in [0.2, 0.25) is 0 Å². The maximum absolute atomic E-state index is 13.3. The molecule has 2 aliphatic rings. The van der Waals surface area contributed by atoms with E-state index in [1.165, 1.54) is 10.6 Å². The van der Waals surface area contributed by atoms with Crippen molar-refractivity contribution in [2.45, 2.75) is 43.7 Å². The minimum absolute atomic E-state index is 0.258. The molecule has 3 atom stereocenters. The minimum atomic E-state index is -1.07. The number of carbonyl (C=O) groups is 1. The van der Waals surface area contributed by atoms with Gasteiger partial charge in [-0.2, -0.15) is 5.10 Å². The predicted molar refractivity (Wildman–Crippen MR) is 133 cm³/mol. The van der Waals surface area contributed by atoms with E-state index in [9.17, 15) is 9.90 Å². The second-order valence-corrected chi connectivity index (χ2v) is 9.51. The lowest BCUT2D eigenvalue weighted by atomic mass is 9.58. The second kappa shape index (κ2) is 10.2. The topological polar surface area (TPSA) is 74.6 Å². The van der Waals surface area contributed by atoms with Gasteiger partial charge in [-0.3, -0.25) is 4.79 Å². The molecule has 0 aromatic heterocycles. The highest BCUT2D eigenvalue weighted by Gasteiger charge is 2.49. The van der Waals surface area contributed by atoms with E-state index >= 15 is 0 Å². The SMILES string of the molecule is COc1ccc2c(c1OC)[C@]1(CCN(C)C)CC(O)N(C(=O)c3ccccc3)/N=C\CC1CC2. The number of amides is 1. The Morgan fingerprint density at radius 1 is 1.18 bits per heavy atom. The Labute approximate surface area is 202 Å². The first-order valence-corrected chi connectivity index (χ1v) is 11.9. The molecule has 2 aromatic carbocycles. The van der Waals surface area contributed by atoms with E-state index in [0.29, 0.717) is 17.7 Å². The summed E-state index contributed by atoms with van der Waals surface area (Å²) in [5.74, 6) is 1.37. The van der Waals surface area contributed by atoms with Crippen LogP contribution in [0.25, 0.3) is 0 Å². The van der Waals surface area contributed by atoms with Gasteiger partial charge in [-0.15, -0.1) is 0 Å². The number of rotatable bonds is 6. The highest BCUT2D eigenvalue weighted by Crippen LogP contribution is 2.54. The van der Waals surface area contributed by atoms with E-state index in [4.69, 9.17) is 9.47 Å². The molecule has 0 radical (unpaired) electrons. The summed E-state index contributed by atoms with van der Waals surface area (Å²) in [5.41, 5.74) is 2.42. The normalized spacial score (nSPS) is 25.1. The van der Waals surface area contributed by atoms with Crippen LogP contribution in [0.5, 0.6) is 11.5 Å². The van der Waals surface area contributed by atoms with Gasteiger partial charge in [-0.25, -0.2) is 5.01 Å². The van der Waals surface area contributed by atoms with Crippen molar-refractivity contribution in [3.05, 3.63) is 59.2 Å². The molecule has 7 nitrogen and oxygen atoms in total. The lowest BCUT2D eigenvalue weighted by molar-refractivity contribution is -0.0232. The molecule has 34 heavy (non-hydrogen) atoms. The first-order valence-electron chi connectivity index (χ1n) is 11.9. The van der Waals surface area contributed by atoms with Gasteiger partial charge in [0.15, 0.2) is 17.7 Å². The van der Waals surface area contributed by atoms with Crippen molar-refractivity contribution in [2.24, 2.45) is 11.0 Å². The highest BCUT2D eigenvalue weighted by atomic mass is 16.5. The third kappa shape index (κ3) is 4.42. The van der Waals surface area contributed by atoms with Gasteiger partial charge in [-0.1, -0.05) is 24.3 Å². The van der Waals surface area contributed by atoms with E-state index in [2.05, 4.69) is 30.2 Å². The molecule has 2 aromatic rings. The Morgan fingerprint density at radius 3 is 2.62 bits per heavy atom. The Balaban J connectivity index is 1.83. The van der Waals surface area contributed by atoms with Crippen LogP contribution in [0.15, 0.2) is 47.6 Å². The van der Waals surface area contributed by atoms with Gasteiger partial charge in [0, 0.05) is 29.2 Å². The molecule has 1 aliphatic heterocycles. The van der Waals surface area contributed by atoms with E-state index in [0.717, 1.165) is 43.5 Å². The van der Waals surface area contributed by atoms with Gasteiger partial charge < -0.3 is 19.5 Å². The lowest BCUT2D eigenvalue weighted by Crippen LogP contribution is -2.49. The standard InChI is InChI=1S/C27H35N3O4/c1-29(2)17-15-27-18-23(31)30(26(32)20-8-6-5-7-9-20)28-16-14-21(27)12-10-19-11-13-22(33-3)25(34-4)24(19)27/h5-9,11,13,16,21,23,31H,10,12,14-15,17-18H2,1-4H3/b28-16-/t21?,23?,27-/m1/s1. The Morgan fingerprint density at radius 2 is 1.94 bits per heavy atom. The van der Waals surface area contributed by atoms with Crippen molar-refractivity contribution in [1.82, 2.24) is 9.91 Å². The fourth-order valence-electron chi connectivity index (χ4n) is 5.65. The van der Waals surface area contributed by atoms with Crippen molar-refractivity contribution in [3.63, 3.8) is 0 Å². The maximum atomic E-state index is 13.3. The molecule has 0 saturated carbocycles. The van der Waals surface area contributed by atoms with Crippen molar-refractivity contribution < 1.29 is 19.4 Å². The van der Waals surface area contributed by atoms with E-state index in [1.807, 2.05) is 24.3 Å². The van der Waals surface area contributed by atoms with Crippen molar-refractivity contribution in [2.75, 3.05) is 34.9 Å². The van der Waals surface area contributed by atoms with Crippen LogP contribution in [0, 0.1) is 5.92 Å². The summed E-state index contributed by atoms with van der Waals surface area (Å²) >= 11 is 0. The number of aliphatic hydroxyl groups is 1. The summed E-state index contributed by atoms with van der Waals surface area (Å²) in [6.07, 6.45) is 4.56. The quantitative estimate of drug-likeness (QED) is 0.704. The van der Waals surface area contributed by atoms with Gasteiger partial charge in [0.1, 0.15) is 0 Å². The number of carbonyl (C=O) groups excluding carboxylic acids is 1. The van der Waals surface area contributed by atoms with Gasteiger partial charge >= 0.3 is 0 Å². The molecule has 182 valence electrons. The average Bonchev–Trinajstić information content (AvgIpc) is 2.84. The van der Waals surface area contributed by atoms with E-state index in [-0.39, 0.29) is 11.8 Å². The van der Waals surface area contributed by atoms with Crippen LogP contribution in [-0.2, 0) is 11.8 Å². The lowest BCUT2D eigenvalue weighted by Gasteiger charge is -2.49. The molecular formula is C27H35N3O4. The first-order chi connectivity index (χ1) is 16.4. The number of hydrazone groups is 1. The summed E-state index contributed by atoms with van der Waals surface area (Å²) < 4.78 is 11.6. The summed E-state index contributed by atoms with van der Waals surface area (Å²) in [5, 5.41) is 17.2. The molecule has 4 rings (SSSR count). The number of nitrogens with zero attached hydrogens (tertiary/aromatic N) is 3. The zero-order valence-electron chi connectivity index (χ0n) is 20.5. The molecule has 0 bridgehead atoms. The van der Waals surface area contributed by atoms with E-state index in [1.54, 1.807) is 32.6 Å². The van der Waals surface area contributed by atoms with Crippen LogP contribution >= 0.6 is 0 Å². The monoisotopic (exact) mass is 465 g/mol. The molecule has 0 spiro atoms. The minimum Gasteiger partial charge on any atom is -0.493 e. The molecule has 1 aliphatic carbocycles. The van der Waals surface area contributed by atoms with Crippen LogP contribution in [-0.4, -0.2) is 68.2 Å². The van der Waals surface area contributed by atoms with E-state index < -0.39 is 11.6 Å². The van der Waals surface area contributed by atoms with Crippen molar-refractivity contribution >= 4 is 12.1 Å². The third-order valence-corrected chi connectivity index (χ3v) is 7.33. The highest BCUT2D eigenvalue weighted by molar-refractivity contribution is 5.94. The number of hydrogen-bond acceptors (Lipinski definition) is 6. The van der Waals surface area contributed by atoms with Gasteiger partial charge in [0.2, 0.25) is 0 Å². The molecule has 1 amide bonds. The summed E-state index contributed by atoms with van der Waals surface area (Å²) in [4.78, 5) is 15.4. The summed E-state index contributed by atoms with van der Waals surface area (Å²) in [7, 11) is 7.44. The molecule has 1 N–H and O–H groups in total. The fraction of sp³-hybridized carbons (Fsp3) is 0.481. The number of aryl methyl sites for hydroxylation is 1. The number of methoxy groups -OCH3 is 2. The molecular weight excluding hydrogens is 430 g/mol. The third-order valence-electron chi connectivity index (χ3n) is 7.33. The zero-order valence-corrected chi connectivity index (χ0v) is 20.5. The predicted octanol–water partition coefficient (Wildman–Crippen LogP) is 3.70. The van der Waals surface area contributed by atoms with Crippen molar-refractivity contribution in [3.8, 4) is 11.5 Å². The van der Waals surface area contributed by atoms with Crippen molar-refractivity contribution in [1.29, 1.82) is 0 Å². The Bertz CT molecular complexity index is 1040. The number of aliphatic hydroxyl groups excluding tert-OH is 1. The number of benzene rings is 2. The van der Waals surface area contributed by atoms with Gasteiger partial charge in [0.05, 0.1) is 14.2 Å². The van der Waals surface area contributed by atoms with Crippen LogP contribution in [0.4, 0.5) is 0 Å². The molecule has 1 heterocycles. The molecule has 0 saturated heterocycles. The van der Waals surface area contributed by atoms with Gasteiger partial charge in [0.25, 0.3) is 5.91 Å². The average molecular weight is 466 g/mol. The Kier molecular flexibility index (Phi) is 7.24.